The number of phosphoric acid groups is 1. The predicted octanol–water partition coefficient (Wildman–Crippen LogP) is 16.6. The molecule has 0 amide bonds. The first-order chi connectivity index (χ1) is 36.2. The molecule has 0 aromatic heterocycles. The molecule has 0 bridgehead atoms. The predicted molar refractivity (Wildman–Crippen MR) is 306 cm³/mol. The van der Waals surface area contributed by atoms with Crippen molar-refractivity contribution in [1.82, 2.24) is 0 Å². The minimum absolute atomic E-state index is 0.0990. The second-order valence-electron chi connectivity index (χ2n) is 18.0. The maximum Gasteiger partial charge on any atom is 0.472 e. The van der Waals surface area contributed by atoms with E-state index in [1.165, 1.54) is 0 Å². The highest BCUT2D eigenvalue weighted by Crippen LogP contribution is 2.43. The SMILES string of the molecule is CC/C=C\C/C=C\C/C=C\C/C=C\C/C=C\CCCCCC(=O)OCC(COP(=O)(O)OCC(CO)OC(=O)CCCCCCC/C=C\C/C=C\CCC)OC(=O)CCCC/C=C\C/C=C\C/C=C\C/C=C\CC. The van der Waals surface area contributed by atoms with E-state index in [2.05, 4.69) is 154 Å². The fourth-order valence-corrected chi connectivity index (χ4v) is 7.60. The Hall–Kier alpha value is -4.38. The summed E-state index contributed by atoms with van der Waals surface area (Å²) in [6, 6.07) is 0. The van der Waals surface area contributed by atoms with Crippen LogP contribution in [0.5, 0.6) is 0 Å². The Kier molecular flexibility index (Phi) is 51.6. The number of allylic oxidation sites excluding steroid dienone is 22. The van der Waals surface area contributed by atoms with Gasteiger partial charge in [0.15, 0.2) is 6.10 Å². The van der Waals surface area contributed by atoms with Gasteiger partial charge in [-0.3, -0.25) is 23.4 Å². The van der Waals surface area contributed by atoms with Crippen LogP contribution in [0.4, 0.5) is 0 Å². The van der Waals surface area contributed by atoms with Crippen LogP contribution in [-0.2, 0) is 42.2 Å². The molecule has 0 aromatic carbocycles. The Morgan fingerprint density at radius 2 is 0.703 bits per heavy atom. The first kappa shape index (κ1) is 69.6. The molecule has 74 heavy (non-hydrogen) atoms. The van der Waals surface area contributed by atoms with Gasteiger partial charge in [0.2, 0.25) is 0 Å². The summed E-state index contributed by atoms with van der Waals surface area (Å²) >= 11 is 0. The zero-order valence-electron chi connectivity index (χ0n) is 46.0. The summed E-state index contributed by atoms with van der Waals surface area (Å²) in [6.45, 7) is 4.22. The van der Waals surface area contributed by atoms with E-state index in [1.54, 1.807) is 0 Å². The van der Waals surface area contributed by atoms with E-state index in [9.17, 15) is 28.9 Å². The number of carbonyl (C=O) groups is 3. The second kappa shape index (κ2) is 54.9. The van der Waals surface area contributed by atoms with Gasteiger partial charge < -0.3 is 24.2 Å². The third kappa shape index (κ3) is 52.5. The van der Waals surface area contributed by atoms with Crippen LogP contribution in [-0.4, -0.2) is 66.5 Å². The lowest BCUT2D eigenvalue weighted by Crippen LogP contribution is -2.30. The van der Waals surface area contributed by atoms with Crippen molar-refractivity contribution in [3.63, 3.8) is 0 Å². The van der Waals surface area contributed by atoms with Crippen molar-refractivity contribution >= 4 is 25.7 Å². The van der Waals surface area contributed by atoms with Crippen LogP contribution in [0.1, 0.15) is 201 Å². The molecule has 3 unspecified atom stereocenters. The summed E-state index contributed by atoms with van der Waals surface area (Å²) in [6.07, 6.45) is 68.5. The third-order valence-electron chi connectivity index (χ3n) is 11.0. The van der Waals surface area contributed by atoms with E-state index in [0.717, 1.165) is 141 Å². The van der Waals surface area contributed by atoms with Crippen LogP contribution in [0.15, 0.2) is 134 Å². The van der Waals surface area contributed by atoms with Crippen LogP contribution in [0, 0.1) is 0 Å². The zero-order valence-corrected chi connectivity index (χ0v) is 46.9. The van der Waals surface area contributed by atoms with E-state index >= 15 is 0 Å². The van der Waals surface area contributed by atoms with Gasteiger partial charge in [0.05, 0.1) is 19.8 Å². The highest BCUT2D eigenvalue weighted by molar-refractivity contribution is 7.47. The highest BCUT2D eigenvalue weighted by atomic mass is 31.2. The number of rotatable bonds is 50. The van der Waals surface area contributed by atoms with E-state index in [1.807, 2.05) is 0 Å². The highest BCUT2D eigenvalue weighted by Gasteiger charge is 2.28. The average molecular weight is 1050 g/mol. The zero-order chi connectivity index (χ0) is 54.1. The van der Waals surface area contributed by atoms with E-state index in [0.29, 0.717) is 19.3 Å². The number of phosphoric ester groups is 1. The average Bonchev–Trinajstić information content (AvgIpc) is 3.39. The van der Waals surface area contributed by atoms with Crippen molar-refractivity contribution in [2.24, 2.45) is 0 Å². The topological polar surface area (TPSA) is 155 Å². The Morgan fingerprint density at radius 3 is 1.12 bits per heavy atom. The lowest BCUT2D eigenvalue weighted by atomic mass is 10.1. The number of hydrogen-bond donors (Lipinski definition) is 2. The van der Waals surface area contributed by atoms with Gasteiger partial charge in [0.25, 0.3) is 0 Å². The molecule has 0 aromatic rings. The monoisotopic (exact) mass is 1050 g/mol. The van der Waals surface area contributed by atoms with E-state index in [-0.39, 0.29) is 25.9 Å². The lowest BCUT2D eigenvalue weighted by molar-refractivity contribution is -0.161. The molecule has 0 fully saturated rings. The smallest absolute Gasteiger partial charge is 0.462 e. The summed E-state index contributed by atoms with van der Waals surface area (Å²) < 4.78 is 39.4. The number of aliphatic hydroxyl groups is 1. The standard InChI is InChI=1S/C62H99O11P/c1-4-7-10-13-16-19-22-25-27-28-29-30-32-34-36-39-42-45-48-51-60(64)69-55-59(73-62(66)53-50-47-44-41-38-35-31-26-23-20-17-14-11-8-5-2)57-71-74(67,68)70-56-58(54-63)72-61(65)52-49-46-43-40-37-33-24-21-18-15-12-9-6-3/h7-8,10-12,15-17,19-21,24-27,29-31,34,36,38,41,58-59,63H,4-6,9,13-14,18,22-23,28,32-33,35,37,39-40,42-57H2,1-3H3,(H,67,68)/b10-7-,11-8-,15-12-,19-16-,20-17-,24-21-,27-25-,30-29-,31-26-,36-34-,41-38-. The van der Waals surface area contributed by atoms with Crippen LogP contribution < -0.4 is 0 Å². The fourth-order valence-electron chi connectivity index (χ4n) is 6.82. The van der Waals surface area contributed by atoms with E-state index < -0.39 is 57.8 Å². The van der Waals surface area contributed by atoms with Crippen molar-refractivity contribution in [2.75, 3.05) is 26.4 Å². The lowest BCUT2D eigenvalue weighted by Gasteiger charge is -2.21. The van der Waals surface area contributed by atoms with Gasteiger partial charge >= 0.3 is 25.7 Å². The number of ether oxygens (including phenoxy) is 3. The molecule has 0 spiro atoms. The minimum atomic E-state index is -4.78. The molecule has 0 aliphatic rings. The van der Waals surface area contributed by atoms with Crippen molar-refractivity contribution < 1.29 is 52.2 Å². The Morgan fingerprint density at radius 1 is 0.392 bits per heavy atom. The molecule has 0 aliphatic carbocycles. The van der Waals surface area contributed by atoms with Crippen LogP contribution in [0.2, 0.25) is 0 Å². The van der Waals surface area contributed by atoms with Crippen molar-refractivity contribution in [3.8, 4) is 0 Å². The van der Waals surface area contributed by atoms with Gasteiger partial charge in [-0.15, -0.1) is 0 Å². The first-order valence-electron chi connectivity index (χ1n) is 28.1. The van der Waals surface area contributed by atoms with Crippen LogP contribution in [0.3, 0.4) is 0 Å². The normalized spacial score (nSPS) is 14.4. The molecule has 0 radical (unpaired) electrons. The van der Waals surface area contributed by atoms with Gasteiger partial charge in [0.1, 0.15) is 12.7 Å². The molecule has 3 atom stereocenters. The summed E-state index contributed by atoms with van der Waals surface area (Å²) in [7, 11) is -4.78. The van der Waals surface area contributed by atoms with Crippen LogP contribution in [0.25, 0.3) is 0 Å². The van der Waals surface area contributed by atoms with Crippen molar-refractivity contribution in [2.45, 2.75) is 213 Å². The fraction of sp³-hybridized carbons (Fsp3) is 0.597. The number of unbranched alkanes of at least 4 members (excludes halogenated alkanes) is 11. The Labute approximate surface area is 449 Å². The Balaban J connectivity index is 4.88. The molecular formula is C62H99O11P. The number of carbonyl (C=O) groups excluding carboxylic acids is 3. The van der Waals surface area contributed by atoms with Crippen LogP contribution >= 0.6 is 7.82 Å². The number of aliphatic hydroxyl groups excluding tert-OH is 1. The van der Waals surface area contributed by atoms with Gasteiger partial charge in [-0.25, -0.2) is 4.57 Å². The van der Waals surface area contributed by atoms with Gasteiger partial charge in [-0.1, -0.05) is 187 Å². The first-order valence-corrected chi connectivity index (χ1v) is 29.6. The molecular weight excluding hydrogens is 952 g/mol. The third-order valence-corrected chi connectivity index (χ3v) is 12.0. The van der Waals surface area contributed by atoms with Gasteiger partial charge in [0, 0.05) is 19.3 Å². The summed E-state index contributed by atoms with van der Waals surface area (Å²) in [5, 5.41) is 9.80. The van der Waals surface area contributed by atoms with Crippen molar-refractivity contribution in [3.05, 3.63) is 134 Å². The molecule has 0 saturated carbocycles. The van der Waals surface area contributed by atoms with Gasteiger partial charge in [-0.2, -0.15) is 0 Å². The maximum atomic E-state index is 12.9. The summed E-state index contributed by atoms with van der Waals surface area (Å²) in [4.78, 5) is 48.5. The quantitative estimate of drug-likeness (QED) is 0.0197. The second-order valence-corrected chi connectivity index (χ2v) is 19.4. The number of hydrogen-bond acceptors (Lipinski definition) is 10. The number of esters is 3. The Bertz CT molecular complexity index is 1750. The molecule has 2 N–H and O–H groups in total. The largest absolute Gasteiger partial charge is 0.472 e. The van der Waals surface area contributed by atoms with E-state index in [4.69, 9.17) is 23.3 Å². The summed E-state index contributed by atoms with van der Waals surface area (Å²) in [5.74, 6) is -1.59. The molecule has 418 valence electrons. The molecule has 0 aliphatic heterocycles. The summed E-state index contributed by atoms with van der Waals surface area (Å²) in [5.41, 5.74) is 0. The molecule has 12 heteroatoms. The minimum Gasteiger partial charge on any atom is -0.462 e. The molecule has 11 nitrogen and oxygen atoms in total. The molecule has 0 heterocycles. The van der Waals surface area contributed by atoms with Crippen molar-refractivity contribution in [1.29, 1.82) is 0 Å². The maximum absolute atomic E-state index is 12.9. The molecule has 0 rings (SSSR count). The molecule has 0 saturated heterocycles. The van der Waals surface area contributed by atoms with Gasteiger partial charge in [-0.05, 0) is 128 Å².